The van der Waals surface area contributed by atoms with E-state index in [1.54, 1.807) is 18.2 Å². The van der Waals surface area contributed by atoms with Gasteiger partial charge in [0, 0.05) is 24.3 Å². The second kappa shape index (κ2) is 6.78. The lowest BCUT2D eigenvalue weighted by Gasteiger charge is -2.11. The van der Waals surface area contributed by atoms with Crippen LogP contribution in [0.5, 0.6) is 0 Å². The fourth-order valence-electron chi connectivity index (χ4n) is 2.23. The number of amides is 3. The first kappa shape index (κ1) is 16.9. The molecule has 8 nitrogen and oxygen atoms in total. The third-order valence-electron chi connectivity index (χ3n) is 3.21. The van der Waals surface area contributed by atoms with Crippen molar-refractivity contribution in [3.63, 3.8) is 0 Å². The van der Waals surface area contributed by atoms with Crippen LogP contribution in [0.15, 0.2) is 24.3 Å². The lowest BCUT2D eigenvalue weighted by atomic mass is 10.2. The van der Waals surface area contributed by atoms with Gasteiger partial charge in [0.1, 0.15) is 0 Å². The van der Waals surface area contributed by atoms with Gasteiger partial charge in [0.05, 0.1) is 11.5 Å². The molecule has 1 aromatic rings. The molecule has 9 heteroatoms. The number of carbonyl (C=O) groups excluding carboxylic acids is 3. The van der Waals surface area contributed by atoms with Gasteiger partial charge >= 0.3 is 11.8 Å². The zero-order chi connectivity index (χ0) is 17.0. The molecule has 2 rings (SSSR count). The minimum Gasteiger partial charge on any atom is -0.344 e. The summed E-state index contributed by atoms with van der Waals surface area (Å²) in [6.45, 7) is 1.36. The predicted octanol–water partition coefficient (Wildman–Crippen LogP) is -0.113. The lowest BCUT2D eigenvalue weighted by molar-refractivity contribution is -0.136. The van der Waals surface area contributed by atoms with E-state index in [0.29, 0.717) is 17.8 Å². The van der Waals surface area contributed by atoms with Crippen molar-refractivity contribution in [3.8, 4) is 0 Å². The van der Waals surface area contributed by atoms with Crippen LogP contribution in [0.4, 0.5) is 11.4 Å². The normalized spacial score (nSPS) is 18.9. The fourth-order valence-corrected chi connectivity index (χ4v) is 3.90. The summed E-state index contributed by atoms with van der Waals surface area (Å²) in [6, 6.07) is 5.79. The van der Waals surface area contributed by atoms with Crippen LogP contribution in [0.2, 0.25) is 0 Å². The average Bonchev–Trinajstić information content (AvgIpc) is 2.77. The minimum absolute atomic E-state index is 0.0122. The Labute approximate surface area is 133 Å². The molecule has 0 saturated carbocycles. The van der Waals surface area contributed by atoms with Gasteiger partial charge in [0.25, 0.3) is 0 Å². The van der Waals surface area contributed by atoms with Crippen molar-refractivity contribution in [2.45, 2.75) is 19.4 Å². The molecule has 1 saturated heterocycles. The van der Waals surface area contributed by atoms with Crippen LogP contribution >= 0.6 is 0 Å². The zero-order valence-corrected chi connectivity index (χ0v) is 13.3. The zero-order valence-electron chi connectivity index (χ0n) is 12.5. The number of hydrogen-bond donors (Lipinski definition) is 3. The second-order valence-corrected chi connectivity index (χ2v) is 7.52. The molecular weight excluding hydrogens is 322 g/mol. The standard InChI is InChI=1S/C14H17N3O5S/c1-9(18)15-10-3-2-4-11(7-10)16-13(19)14(20)17-12-5-6-23(21,22)8-12/h2-4,7,12H,5-6,8H2,1H3,(H,15,18)(H,16,19)(H,17,20). The van der Waals surface area contributed by atoms with Crippen LogP contribution in [0.1, 0.15) is 13.3 Å². The summed E-state index contributed by atoms with van der Waals surface area (Å²) >= 11 is 0. The molecule has 1 unspecified atom stereocenters. The van der Waals surface area contributed by atoms with Crippen molar-refractivity contribution < 1.29 is 22.8 Å². The quantitative estimate of drug-likeness (QED) is 0.663. The smallest absolute Gasteiger partial charge is 0.313 e. The number of nitrogens with one attached hydrogen (secondary N) is 3. The monoisotopic (exact) mass is 339 g/mol. The summed E-state index contributed by atoms with van der Waals surface area (Å²) in [4.78, 5) is 34.6. The first-order valence-electron chi connectivity index (χ1n) is 6.95. The Hall–Kier alpha value is -2.42. The van der Waals surface area contributed by atoms with Gasteiger partial charge in [-0.1, -0.05) is 6.07 Å². The maximum absolute atomic E-state index is 11.8. The minimum atomic E-state index is -3.13. The van der Waals surface area contributed by atoms with Crippen molar-refractivity contribution in [1.29, 1.82) is 0 Å². The summed E-state index contributed by atoms with van der Waals surface area (Å²) in [5, 5.41) is 7.36. The van der Waals surface area contributed by atoms with Crippen molar-refractivity contribution in [3.05, 3.63) is 24.3 Å². The van der Waals surface area contributed by atoms with Gasteiger partial charge in [0.15, 0.2) is 9.84 Å². The molecule has 1 aliphatic rings. The molecule has 23 heavy (non-hydrogen) atoms. The van der Waals surface area contributed by atoms with Crippen LogP contribution in [-0.4, -0.2) is 43.7 Å². The Kier molecular flexibility index (Phi) is 4.99. The van der Waals surface area contributed by atoms with Gasteiger partial charge in [0.2, 0.25) is 5.91 Å². The topological polar surface area (TPSA) is 121 Å². The summed E-state index contributed by atoms with van der Waals surface area (Å²) in [6.07, 6.45) is 0.305. The number of rotatable bonds is 3. The fraction of sp³-hybridized carbons (Fsp3) is 0.357. The Bertz CT molecular complexity index is 745. The first-order chi connectivity index (χ1) is 10.7. The Balaban J connectivity index is 1.93. The SMILES string of the molecule is CC(=O)Nc1cccc(NC(=O)C(=O)NC2CCS(=O)(=O)C2)c1. The highest BCUT2D eigenvalue weighted by Crippen LogP contribution is 2.15. The van der Waals surface area contributed by atoms with Crippen LogP contribution in [0.3, 0.4) is 0 Å². The molecule has 1 aliphatic heterocycles. The summed E-state index contributed by atoms with van der Waals surface area (Å²) in [7, 11) is -3.13. The van der Waals surface area contributed by atoms with Crippen LogP contribution < -0.4 is 16.0 Å². The van der Waals surface area contributed by atoms with Gasteiger partial charge in [-0.15, -0.1) is 0 Å². The van der Waals surface area contributed by atoms with Crippen molar-refractivity contribution in [2.75, 3.05) is 22.1 Å². The van der Waals surface area contributed by atoms with Gasteiger partial charge < -0.3 is 16.0 Å². The molecular formula is C14H17N3O5S. The molecule has 124 valence electrons. The molecule has 3 amide bonds. The highest BCUT2D eigenvalue weighted by Gasteiger charge is 2.30. The number of sulfone groups is 1. The maximum Gasteiger partial charge on any atom is 0.313 e. The van der Waals surface area contributed by atoms with E-state index in [9.17, 15) is 22.8 Å². The van der Waals surface area contributed by atoms with E-state index in [4.69, 9.17) is 0 Å². The Morgan fingerprint density at radius 2 is 1.74 bits per heavy atom. The van der Waals surface area contributed by atoms with Gasteiger partial charge in [-0.25, -0.2) is 8.42 Å². The number of anilines is 2. The van der Waals surface area contributed by atoms with Crippen molar-refractivity contribution in [2.24, 2.45) is 0 Å². The van der Waals surface area contributed by atoms with E-state index in [1.165, 1.54) is 13.0 Å². The van der Waals surface area contributed by atoms with Crippen LogP contribution in [0, 0.1) is 0 Å². The van der Waals surface area contributed by atoms with Gasteiger partial charge in [-0.2, -0.15) is 0 Å². The molecule has 3 N–H and O–H groups in total. The first-order valence-corrected chi connectivity index (χ1v) is 8.77. The van der Waals surface area contributed by atoms with E-state index in [1.807, 2.05) is 0 Å². The molecule has 0 spiro atoms. The molecule has 0 aliphatic carbocycles. The lowest BCUT2D eigenvalue weighted by Crippen LogP contribution is -2.42. The molecule has 1 fully saturated rings. The van der Waals surface area contributed by atoms with Crippen molar-refractivity contribution in [1.82, 2.24) is 5.32 Å². The van der Waals surface area contributed by atoms with E-state index in [0.717, 1.165) is 0 Å². The summed E-state index contributed by atoms with van der Waals surface area (Å²) in [5.41, 5.74) is 0.827. The van der Waals surface area contributed by atoms with E-state index in [2.05, 4.69) is 16.0 Å². The largest absolute Gasteiger partial charge is 0.344 e. The van der Waals surface area contributed by atoms with Crippen molar-refractivity contribution >= 4 is 38.9 Å². The molecule has 1 atom stereocenters. The molecule has 1 aromatic carbocycles. The molecule has 0 aromatic heterocycles. The average molecular weight is 339 g/mol. The highest BCUT2D eigenvalue weighted by atomic mass is 32.2. The maximum atomic E-state index is 11.8. The van der Waals surface area contributed by atoms with Crippen LogP contribution in [0.25, 0.3) is 0 Å². The van der Waals surface area contributed by atoms with Gasteiger partial charge in [-0.05, 0) is 24.6 Å². The summed E-state index contributed by atoms with van der Waals surface area (Å²) in [5.74, 6) is -2.18. The van der Waals surface area contributed by atoms with E-state index >= 15 is 0 Å². The third kappa shape index (κ3) is 5.06. The molecule has 0 radical (unpaired) electrons. The Morgan fingerprint density at radius 3 is 2.30 bits per heavy atom. The van der Waals surface area contributed by atoms with E-state index < -0.39 is 27.7 Å². The summed E-state index contributed by atoms with van der Waals surface area (Å²) < 4.78 is 22.6. The van der Waals surface area contributed by atoms with E-state index in [-0.39, 0.29) is 17.4 Å². The number of hydrogen-bond acceptors (Lipinski definition) is 5. The molecule has 1 heterocycles. The number of benzene rings is 1. The third-order valence-corrected chi connectivity index (χ3v) is 4.98. The Morgan fingerprint density at radius 1 is 1.09 bits per heavy atom. The highest BCUT2D eigenvalue weighted by molar-refractivity contribution is 7.91. The number of carbonyl (C=O) groups is 3. The second-order valence-electron chi connectivity index (χ2n) is 5.29. The predicted molar refractivity (Wildman–Crippen MR) is 84.6 cm³/mol. The molecule has 0 bridgehead atoms. The van der Waals surface area contributed by atoms with Crippen LogP contribution in [-0.2, 0) is 24.2 Å². The van der Waals surface area contributed by atoms with Gasteiger partial charge in [-0.3, -0.25) is 14.4 Å².